The number of nitrogens with one attached hydrogen (secondary N) is 1. The number of allylic oxidation sites excluding steroid dienone is 1. The highest BCUT2D eigenvalue weighted by atomic mass is 35.5. The molecule has 1 unspecified atom stereocenters. The molecule has 0 aromatic heterocycles. The number of carboxylic acid groups (broad SMARTS) is 1. The Labute approximate surface area is 124 Å². The van der Waals surface area contributed by atoms with Gasteiger partial charge in [0, 0.05) is 24.1 Å². The maximum atomic E-state index is 11.6. The third-order valence-electron chi connectivity index (χ3n) is 3.27. The van der Waals surface area contributed by atoms with Crippen molar-refractivity contribution in [3.8, 4) is 0 Å². The fourth-order valence-electron chi connectivity index (χ4n) is 2.36. The van der Waals surface area contributed by atoms with Crippen molar-refractivity contribution in [1.82, 2.24) is 5.32 Å². The molecule has 0 spiro atoms. The molecule has 0 bridgehead atoms. The summed E-state index contributed by atoms with van der Waals surface area (Å²) < 4.78 is 0. The predicted octanol–water partition coefficient (Wildman–Crippen LogP) is 2.21. The van der Waals surface area contributed by atoms with Crippen LogP contribution >= 0.6 is 11.6 Å². The summed E-state index contributed by atoms with van der Waals surface area (Å²) in [5.74, 6) is -2.25. The van der Waals surface area contributed by atoms with Crippen molar-refractivity contribution in [2.24, 2.45) is 0 Å². The third kappa shape index (κ3) is 2.87. The van der Waals surface area contributed by atoms with Crippen molar-refractivity contribution >= 4 is 29.2 Å². The van der Waals surface area contributed by atoms with Crippen molar-refractivity contribution in [3.05, 3.63) is 50.2 Å². The number of benzene rings is 1. The molecule has 8 heteroatoms. The second kappa shape index (κ2) is 5.53. The number of carbonyl (C=O) groups is 2. The highest BCUT2D eigenvalue weighted by Gasteiger charge is 2.32. The minimum atomic E-state index is -1.17. The molecule has 1 atom stereocenters. The summed E-state index contributed by atoms with van der Waals surface area (Å²) in [5.41, 5.74) is 0.313. The zero-order valence-electron chi connectivity index (χ0n) is 10.9. The van der Waals surface area contributed by atoms with Crippen LogP contribution in [0, 0.1) is 10.1 Å². The van der Waals surface area contributed by atoms with E-state index in [1.54, 1.807) is 0 Å². The maximum Gasteiger partial charge on any atom is 0.333 e. The fraction of sp³-hybridized carbons (Fsp3) is 0.231. The van der Waals surface area contributed by atoms with Gasteiger partial charge in [-0.05, 0) is 18.6 Å². The van der Waals surface area contributed by atoms with E-state index in [9.17, 15) is 24.8 Å². The lowest BCUT2D eigenvalue weighted by Gasteiger charge is -2.25. The van der Waals surface area contributed by atoms with Crippen LogP contribution in [0.3, 0.4) is 0 Å². The minimum Gasteiger partial charge on any atom is -0.478 e. The van der Waals surface area contributed by atoms with Crippen LogP contribution in [0.1, 0.15) is 24.8 Å². The topological polar surface area (TPSA) is 110 Å². The molecular weight excluding hydrogens is 300 g/mol. The molecule has 2 N–H and O–H groups in total. The van der Waals surface area contributed by atoms with Crippen LogP contribution < -0.4 is 5.32 Å². The van der Waals surface area contributed by atoms with E-state index in [1.807, 2.05) is 0 Å². The molecule has 1 aliphatic heterocycles. The Hall–Kier alpha value is -2.41. The van der Waals surface area contributed by atoms with Crippen molar-refractivity contribution in [1.29, 1.82) is 0 Å². The van der Waals surface area contributed by atoms with Gasteiger partial charge in [0.1, 0.15) is 5.02 Å². The number of hydrogen-bond donors (Lipinski definition) is 2. The number of rotatable bonds is 3. The minimum absolute atomic E-state index is 0.0196. The Morgan fingerprint density at radius 2 is 2.19 bits per heavy atom. The van der Waals surface area contributed by atoms with E-state index in [-0.39, 0.29) is 34.3 Å². The van der Waals surface area contributed by atoms with Crippen molar-refractivity contribution in [2.75, 3.05) is 0 Å². The summed E-state index contributed by atoms with van der Waals surface area (Å²) in [6, 6.07) is 4.03. The van der Waals surface area contributed by atoms with Gasteiger partial charge in [-0.15, -0.1) is 0 Å². The molecule has 1 aromatic rings. The average Bonchev–Trinajstić information content (AvgIpc) is 2.37. The van der Waals surface area contributed by atoms with Gasteiger partial charge in [-0.1, -0.05) is 17.7 Å². The lowest BCUT2D eigenvalue weighted by Crippen LogP contribution is -2.33. The zero-order chi connectivity index (χ0) is 15.7. The first kappa shape index (κ1) is 15.0. The lowest BCUT2D eigenvalue weighted by molar-refractivity contribution is -0.384. The summed E-state index contributed by atoms with van der Waals surface area (Å²) in [4.78, 5) is 33.3. The van der Waals surface area contributed by atoms with Crippen LogP contribution in [0.25, 0.3) is 0 Å². The second-order valence-electron chi connectivity index (χ2n) is 4.62. The predicted molar refractivity (Wildman–Crippen MR) is 73.9 cm³/mol. The lowest BCUT2D eigenvalue weighted by atomic mass is 9.84. The van der Waals surface area contributed by atoms with Gasteiger partial charge in [-0.25, -0.2) is 4.79 Å². The average molecular weight is 311 g/mol. The van der Waals surface area contributed by atoms with E-state index in [1.165, 1.54) is 25.1 Å². The van der Waals surface area contributed by atoms with E-state index in [4.69, 9.17) is 11.6 Å². The number of carbonyl (C=O) groups excluding carboxylic acids is 1. The van der Waals surface area contributed by atoms with Gasteiger partial charge in [0.2, 0.25) is 5.91 Å². The van der Waals surface area contributed by atoms with Crippen molar-refractivity contribution in [2.45, 2.75) is 19.3 Å². The first-order valence-electron chi connectivity index (χ1n) is 5.99. The molecule has 0 saturated heterocycles. The Kier molecular flexibility index (Phi) is 3.95. The van der Waals surface area contributed by atoms with Gasteiger partial charge in [-0.3, -0.25) is 14.9 Å². The summed E-state index contributed by atoms with van der Waals surface area (Å²) >= 11 is 5.74. The van der Waals surface area contributed by atoms with Gasteiger partial charge in [0.15, 0.2) is 0 Å². The number of carboxylic acids is 1. The molecule has 0 saturated carbocycles. The monoisotopic (exact) mass is 310 g/mol. The van der Waals surface area contributed by atoms with Gasteiger partial charge in [0.05, 0.1) is 10.5 Å². The Balaban J connectivity index is 2.56. The molecule has 2 rings (SSSR count). The summed E-state index contributed by atoms with van der Waals surface area (Å²) in [6.45, 7) is 1.48. The smallest absolute Gasteiger partial charge is 0.333 e. The second-order valence-corrected chi connectivity index (χ2v) is 5.02. The van der Waals surface area contributed by atoms with Gasteiger partial charge < -0.3 is 10.4 Å². The quantitative estimate of drug-likeness (QED) is 0.657. The number of halogens is 1. The number of amides is 1. The molecular formula is C13H11ClN2O5. The van der Waals surface area contributed by atoms with Crippen LogP contribution in [-0.2, 0) is 9.59 Å². The number of nitro benzene ring substituents is 1. The maximum absolute atomic E-state index is 11.6. The van der Waals surface area contributed by atoms with Crippen LogP contribution in [0.5, 0.6) is 0 Å². The van der Waals surface area contributed by atoms with Crippen molar-refractivity contribution < 1.29 is 19.6 Å². The molecule has 110 valence electrons. The summed E-state index contributed by atoms with van der Waals surface area (Å²) in [5, 5.41) is 22.6. The molecule has 1 amide bonds. The highest BCUT2D eigenvalue weighted by molar-refractivity contribution is 6.32. The largest absolute Gasteiger partial charge is 0.478 e. The molecule has 1 aliphatic rings. The molecule has 1 heterocycles. The highest BCUT2D eigenvalue weighted by Crippen LogP contribution is 2.36. The number of aliphatic carboxylic acids is 1. The molecule has 1 aromatic carbocycles. The van der Waals surface area contributed by atoms with Crippen LogP contribution in [0.4, 0.5) is 5.69 Å². The van der Waals surface area contributed by atoms with Gasteiger partial charge in [-0.2, -0.15) is 0 Å². The van der Waals surface area contributed by atoms with E-state index in [0.29, 0.717) is 5.56 Å². The Morgan fingerprint density at radius 3 is 2.76 bits per heavy atom. The first-order valence-corrected chi connectivity index (χ1v) is 6.36. The standard InChI is InChI=1S/C13H11ClN2O5/c1-6-12(13(18)19)8(5-11(17)15-6)7-2-3-9(14)10(4-7)16(20)21/h2-4,8H,5H2,1H3,(H,15,17)(H,18,19). The SMILES string of the molecule is CC1=C(C(=O)O)C(c2ccc(Cl)c([N+](=O)[O-])c2)CC(=O)N1. The number of nitro groups is 1. The number of nitrogens with zero attached hydrogens (tertiary/aromatic N) is 1. The summed E-state index contributed by atoms with van der Waals surface area (Å²) in [6.07, 6.45) is -0.0856. The zero-order valence-corrected chi connectivity index (χ0v) is 11.7. The van der Waals surface area contributed by atoms with E-state index in [2.05, 4.69) is 5.32 Å². The van der Waals surface area contributed by atoms with E-state index in [0.717, 1.165) is 0 Å². The third-order valence-corrected chi connectivity index (χ3v) is 3.59. The number of hydrogen-bond acceptors (Lipinski definition) is 4. The fourth-order valence-corrected chi connectivity index (χ4v) is 2.54. The molecule has 0 radical (unpaired) electrons. The molecule has 0 fully saturated rings. The first-order chi connectivity index (χ1) is 9.81. The van der Waals surface area contributed by atoms with Gasteiger partial charge >= 0.3 is 5.97 Å². The van der Waals surface area contributed by atoms with Crippen molar-refractivity contribution in [3.63, 3.8) is 0 Å². The Morgan fingerprint density at radius 1 is 1.52 bits per heavy atom. The molecule has 0 aliphatic carbocycles. The van der Waals surface area contributed by atoms with Crippen LogP contribution in [-0.4, -0.2) is 21.9 Å². The van der Waals surface area contributed by atoms with Crippen LogP contribution in [0.2, 0.25) is 5.02 Å². The van der Waals surface area contributed by atoms with Crippen LogP contribution in [0.15, 0.2) is 29.5 Å². The van der Waals surface area contributed by atoms with E-state index < -0.39 is 16.8 Å². The van der Waals surface area contributed by atoms with Gasteiger partial charge in [0.25, 0.3) is 5.69 Å². The molecule has 21 heavy (non-hydrogen) atoms. The molecule has 7 nitrogen and oxygen atoms in total. The normalized spacial score (nSPS) is 18.4. The Bertz CT molecular complexity index is 683. The van der Waals surface area contributed by atoms with E-state index >= 15 is 0 Å². The summed E-state index contributed by atoms with van der Waals surface area (Å²) in [7, 11) is 0.